The SMILES string of the molecule is CC[C@@H](NC(=O)c1ccc(Oc2cc(C)n[nH]c2=O)cc1)C(=O)N1[C@H](c2ccccc2)CC[C@@H]1C(CC)(CC)C(=O)O. The molecule has 2 aromatic carbocycles. The number of nitrogens with zero attached hydrogens (tertiary/aromatic N) is 2. The summed E-state index contributed by atoms with van der Waals surface area (Å²) >= 11 is 0. The Bertz CT molecular complexity index is 1470. The predicted molar refractivity (Wildman–Crippen MR) is 157 cm³/mol. The molecule has 1 aliphatic heterocycles. The van der Waals surface area contributed by atoms with Gasteiger partial charge in [0.2, 0.25) is 5.91 Å². The number of carboxylic acids is 1. The number of carboxylic acid groups (broad SMARTS) is 1. The molecule has 0 spiro atoms. The summed E-state index contributed by atoms with van der Waals surface area (Å²) in [6, 6.07) is 15.8. The number of H-pyrrole nitrogens is 1. The van der Waals surface area contributed by atoms with Gasteiger partial charge in [0.1, 0.15) is 11.8 Å². The fourth-order valence-corrected chi connectivity index (χ4v) is 5.95. The summed E-state index contributed by atoms with van der Waals surface area (Å²) < 4.78 is 5.65. The fraction of sp³-hybridized carbons (Fsp3) is 0.406. The number of aromatic nitrogens is 2. The number of carbonyl (C=O) groups excluding carboxylic acids is 2. The van der Waals surface area contributed by atoms with E-state index >= 15 is 0 Å². The smallest absolute Gasteiger partial charge is 0.311 e. The van der Waals surface area contributed by atoms with E-state index in [1.165, 1.54) is 6.07 Å². The van der Waals surface area contributed by atoms with Crippen LogP contribution in [0.4, 0.5) is 0 Å². The number of carbonyl (C=O) groups is 3. The average Bonchev–Trinajstić information content (AvgIpc) is 3.44. The van der Waals surface area contributed by atoms with E-state index in [1.807, 2.05) is 51.1 Å². The second-order valence-electron chi connectivity index (χ2n) is 10.7. The molecular weight excluding hydrogens is 536 g/mol. The number of likely N-dealkylation sites (tertiary alicyclic amines) is 1. The minimum absolute atomic E-state index is 0.0843. The van der Waals surface area contributed by atoms with Crippen molar-refractivity contribution in [3.05, 3.63) is 87.8 Å². The molecule has 0 radical (unpaired) electrons. The zero-order valence-electron chi connectivity index (χ0n) is 24.4. The molecule has 1 aromatic heterocycles. The number of hydrogen-bond acceptors (Lipinski definition) is 6. The molecule has 3 N–H and O–H groups in total. The predicted octanol–water partition coefficient (Wildman–Crippen LogP) is 5.00. The van der Waals surface area contributed by atoms with Crippen molar-refractivity contribution in [1.82, 2.24) is 20.4 Å². The van der Waals surface area contributed by atoms with Gasteiger partial charge in [0.25, 0.3) is 5.91 Å². The summed E-state index contributed by atoms with van der Waals surface area (Å²) in [4.78, 5) is 53.8. The summed E-state index contributed by atoms with van der Waals surface area (Å²) in [6.45, 7) is 7.25. The van der Waals surface area contributed by atoms with E-state index in [0.29, 0.717) is 49.1 Å². The van der Waals surface area contributed by atoms with Crippen LogP contribution in [0.3, 0.4) is 0 Å². The molecule has 10 heteroatoms. The van der Waals surface area contributed by atoms with Gasteiger partial charge in [-0.05, 0) is 68.9 Å². The quantitative estimate of drug-likeness (QED) is 0.293. The number of benzene rings is 2. The van der Waals surface area contributed by atoms with E-state index in [-0.39, 0.29) is 17.7 Å². The first-order valence-corrected chi connectivity index (χ1v) is 14.4. The Kier molecular flexibility index (Phi) is 9.45. The van der Waals surface area contributed by atoms with Crippen LogP contribution in [-0.2, 0) is 9.59 Å². The lowest BCUT2D eigenvalue weighted by atomic mass is 9.74. The van der Waals surface area contributed by atoms with Gasteiger partial charge in [-0.15, -0.1) is 0 Å². The molecule has 222 valence electrons. The van der Waals surface area contributed by atoms with E-state index in [1.54, 1.807) is 36.1 Å². The average molecular weight is 575 g/mol. The third-order valence-electron chi connectivity index (χ3n) is 8.40. The van der Waals surface area contributed by atoms with Gasteiger partial charge in [0, 0.05) is 17.7 Å². The molecule has 0 unspecified atom stereocenters. The number of aliphatic carboxylic acids is 1. The van der Waals surface area contributed by atoms with Crippen LogP contribution in [0.25, 0.3) is 0 Å². The van der Waals surface area contributed by atoms with Crippen LogP contribution in [0.2, 0.25) is 0 Å². The minimum Gasteiger partial charge on any atom is -0.481 e. The van der Waals surface area contributed by atoms with Gasteiger partial charge in [-0.3, -0.25) is 19.2 Å². The molecule has 0 saturated carbocycles. The second-order valence-corrected chi connectivity index (χ2v) is 10.7. The van der Waals surface area contributed by atoms with Gasteiger partial charge in [-0.1, -0.05) is 51.1 Å². The van der Waals surface area contributed by atoms with Gasteiger partial charge in [0.05, 0.1) is 17.2 Å². The van der Waals surface area contributed by atoms with Crippen molar-refractivity contribution in [1.29, 1.82) is 0 Å². The van der Waals surface area contributed by atoms with E-state index in [0.717, 1.165) is 5.56 Å². The lowest BCUT2D eigenvalue weighted by Gasteiger charge is -2.42. The lowest BCUT2D eigenvalue weighted by molar-refractivity contribution is -0.157. The van der Waals surface area contributed by atoms with Crippen LogP contribution in [0.1, 0.15) is 80.5 Å². The highest BCUT2D eigenvalue weighted by Crippen LogP contribution is 2.47. The summed E-state index contributed by atoms with van der Waals surface area (Å²) in [5.41, 5.74) is 0.280. The number of rotatable bonds is 11. The molecule has 1 fully saturated rings. The fourth-order valence-electron chi connectivity index (χ4n) is 5.95. The van der Waals surface area contributed by atoms with Gasteiger partial charge in [0.15, 0.2) is 5.75 Å². The van der Waals surface area contributed by atoms with Crippen molar-refractivity contribution >= 4 is 17.8 Å². The molecule has 3 aromatic rings. The van der Waals surface area contributed by atoms with Crippen LogP contribution >= 0.6 is 0 Å². The van der Waals surface area contributed by atoms with Gasteiger partial charge >= 0.3 is 11.5 Å². The Morgan fingerprint density at radius 2 is 1.74 bits per heavy atom. The molecule has 2 heterocycles. The Labute approximate surface area is 245 Å². The highest BCUT2D eigenvalue weighted by molar-refractivity contribution is 5.98. The highest BCUT2D eigenvalue weighted by Gasteiger charge is 2.52. The molecular formula is C32H38N4O6. The number of aromatic amines is 1. The summed E-state index contributed by atoms with van der Waals surface area (Å²) in [7, 11) is 0. The number of ether oxygens (including phenoxy) is 1. The molecule has 10 nitrogen and oxygen atoms in total. The number of aryl methyl sites for hydroxylation is 1. The zero-order chi connectivity index (χ0) is 30.4. The third-order valence-corrected chi connectivity index (χ3v) is 8.40. The molecule has 0 bridgehead atoms. The number of nitrogens with one attached hydrogen (secondary N) is 2. The molecule has 4 rings (SSSR count). The Morgan fingerprint density at radius 3 is 2.33 bits per heavy atom. The largest absolute Gasteiger partial charge is 0.481 e. The van der Waals surface area contributed by atoms with E-state index in [9.17, 15) is 24.3 Å². The topological polar surface area (TPSA) is 142 Å². The normalized spacial score (nSPS) is 17.5. The molecule has 3 atom stereocenters. The standard InChI is InChI=1S/C32H38N4O6/c1-5-24(33-28(37)22-13-15-23(16-14-22)42-26-19-20(4)34-35-29(26)38)30(39)36-25(21-11-9-8-10-12-21)17-18-27(36)32(6-2,7-3)31(40)41/h8-16,19,24-25,27H,5-7,17-18H2,1-4H3,(H,33,37)(H,35,38)(H,40,41)/t24-,25+,27-/m1/s1. The van der Waals surface area contributed by atoms with Gasteiger partial charge in [-0.25, -0.2) is 5.10 Å². The first kappa shape index (κ1) is 30.5. The van der Waals surface area contributed by atoms with E-state index in [2.05, 4.69) is 15.5 Å². The molecule has 1 saturated heterocycles. The van der Waals surface area contributed by atoms with Crippen LogP contribution in [0, 0.1) is 12.3 Å². The summed E-state index contributed by atoms with van der Waals surface area (Å²) in [5.74, 6) is -1.20. The monoisotopic (exact) mass is 574 g/mol. The first-order valence-electron chi connectivity index (χ1n) is 14.4. The van der Waals surface area contributed by atoms with Gasteiger partial charge < -0.3 is 20.1 Å². The number of hydrogen-bond donors (Lipinski definition) is 3. The maximum atomic E-state index is 14.2. The maximum absolute atomic E-state index is 14.2. The van der Waals surface area contributed by atoms with Crippen molar-refractivity contribution in [3.8, 4) is 11.5 Å². The Morgan fingerprint density at radius 1 is 1.07 bits per heavy atom. The lowest BCUT2D eigenvalue weighted by Crippen LogP contribution is -2.56. The van der Waals surface area contributed by atoms with Gasteiger partial charge in [-0.2, -0.15) is 5.10 Å². The molecule has 42 heavy (non-hydrogen) atoms. The molecule has 2 amide bonds. The molecule has 1 aliphatic rings. The van der Waals surface area contributed by atoms with Crippen LogP contribution in [0.5, 0.6) is 11.5 Å². The van der Waals surface area contributed by atoms with E-state index < -0.39 is 34.9 Å². The van der Waals surface area contributed by atoms with E-state index in [4.69, 9.17) is 4.74 Å². The van der Waals surface area contributed by atoms with Crippen LogP contribution in [-0.4, -0.2) is 50.1 Å². The first-order chi connectivity index (χ1) is 20.1. The summed E-state index contributed by atoms with van der Waals surface area (Å²) in [6.07, 6.45) is 2.31. The van der Waals surface area contributed by atoms with Crippen LogP contribution in [0.15, 0.2) is 65.5 Å². The van der Waals surface area contributed by atoms with Crippen molar-refractivity contribution in [2.24, 2.45) is 5.41 Å². The number of amides is 2. The second kappa shape index (κ2) is 13.0. The van der Waals surface area contributed by atoms with Crippen molar-refractivity contribution in [2.75, 3.05) is 0 Å². The van der Waals surface area contributed by atoms with Crippen LogP contribution < -0.4 is 15.6 Å². The third kappa shape index (κ3) is 6.07. The summed E-state index contributed by atoms with van der Waals surface area (Å²) in [5, 5.41) is 19.4. The molecule has 0 aliphatic carbocycles. The Hall–Kier alpha value is -4.47. The van der Waals surface area contributed by atoms with Crippen molar-refractivity contribution < 1.29 is 24.2 Å². The Balaban J connectivity index is 1.57. The highest BCUT2D eigenvalue weighted by atomic mass is 16.5. The van der Waals surface area contributed by atoms with Crippen molar-refractivity contribution in [3.63, 3.8) is 0 Å². The maximum Gasteiger partial charge on any atom is 0.311 e. The zero-order valence-corrected chi connectivity index (χ0v) is 24.4. The van der Waals surface area contributed by atoms with Crippen molar-refractivity contribution in [2.45, 2.75) is 77.9 Å². The minimum atomic E-state index is -1.09.